The Morgan fingerprint density at radius 3 is 2.40 bits per heavy atom. The van der Waals surface area contributed by atoms with Gasteiger partial charge in [-0.1, -0.05) is 0 Å². The van der Waals surface area contributed by atoms with Crippen LogP contribution in [0.3, 0.4) is 0 Å². The van der Waals surface area contributed by atoms with Gasteiger partial charge in [0.25, 0.3) is 0 Å². The second-order valence-corrected chi connectivity index (χ2v) is 7.53. The average molecular weight is 395 g/mol. The molecule has 0 saturated carbocycles. The van der Waals surface area contributed by atoms with Gasteiger partial charge >= 0.3 is 154 Å². The van der Waals surface area contributed by atoms with Crippen LogP contribution in [0.25, 0.3) is 0 Å². The number of methoxy groups -OCH3 is 1. The fourth-order valence-electron chi connectivity index (χ4n) is 2.26. The topological polar surface area (TPSA) is 9.23 Å². The van der Waals surface area contributed by atoms with E-state index in [2.05, 4.69) is 24.0 Å². The molecule has 0 saturated heterocycles. The molecular weight excluding hydrogens is 378 g/mol. The molecule has 25 heavy (non-hydrogen) atoms. The summed E-state index contributed by atoms with van der Waals surface area (Å²) in [4.78, 5) is 0. The van der Waals surface area contributed by atoms with Crippen LogP contribution in [-0.4, -0.2) is 22.1 Å². The van der Waals surface area contributed by atoms with Crippen molar-refractivity contribution in [3.63, 3.8) is 0 Å². The van der Waals surface area contributed by atoms with Crippen LogP contribution in [-0.2, 0) is 5.32 Å². The summed E-state index contributed by atoms with van der Waals surface area (Å²) in [6.45, 7) is 0. The van der Waals surface area contributed by atoms with Gasteiger partial charge in [0, 0.05) is 0 Å². The van der Waals surface area contributed by atoms with Crippen LogP contribution >= 0.6 is 0 Å². The van der Waals surface area contributed by atoms with Crippen molar-refractivity contribution in [3.05, 3.63) is 95.3 Å². The molecule has 0 aromatic heterocycles. The van der Waals surface area contributed by atoms with Crippen molar-refractivity contribution in [2.75, 3.05) is 7.11 Å². The molecule has 0 aliphatic rings. The van der Waals surface area contributed by atoms with Crippen molar-refractivity contribution >= 4 is 19.4 Å². The fourth-order valence-corrected chi connectivity index (χ4v) is 4.33. The van der Waals surface area contributed by atoms with Crippen LogP contribution in [0.5, 0.6) is 5.75 Å². The molecule has 1 nitrogen and oxygen atoms in total. The van der Waals surface area contributed by atoms with Crippen molar-refractivity contribution < 1.29 is 9.13 Å². The van der Waals surface area contributed by atoms with E-state index in [0.717, 1.165) is 26.7 Å². The van der Waals surface area contributed by atoms with Crippen LogP contribution in [0, 0.1) is 17.7 Å². The predicted octanol–water partition coefficient (Wildman–Crippen LogP) is 3.76. The third kappa shape index (κ3) is 4.97. The molecule has 0 aliphatic carbocycles. The molecular formula is C22H17FOSe. The van der Waals surface area contributed by atoms with E-state index in [0.29, 0.717) is 0 Å². The number of halogens is 1. The van der Waals surface area contributed by atoms with Gasteiger partial charge < -0.3 is 0 Å². The minimum absolute atomic E-state index is 0.109. The molecule has 0 atom stereocenters. The summed E-state index contributed by atoms with van der Waals surface area (Å²) >= 11 is 0.109. The molecule has 0 unspecified atom stereocenters. The molecule has 0 spiro atoms. The van der Waals surface area contributed by atoms with Gasteiger partial charge in [-0.15, -0.1) is 0 Å². The molecule has 0 bridgehead atoms. The molecule has 124 valence electrons. The zero-order valence-electron chi connectivity index (χ0n) is 13.8. The summed E-state index contributed by atoms with van der Waals surface area (Å²) in [6.07, 6.45) is 0. The summed E-state index contributed by atoms with van der Waals surface area (Å²) in [6, 6.07) is 22.7. The van der Waals surface area contributed by atoms with Gasteiger partial charge in [-0.05, 0) is 0 Å². The second-order valence-electron chi connectivity index (χ2n) is 5.39. The van der Waals surface area contributed by atoms with E-state index in [1.165, 1.54) is 11.6 Å². The summed E-state index contributed by atoms with van der Waals surface area (Å²) in [5.41, 5.74) is 3.08. The van der Waals surface area contributed by atoms with E-state index in [9.17, 15) is 4.39 Å². The third-order valence-corrected chi connectivity index (χ3v) is 5.98. The first-order valence-electron chi connectivity index (χ1n) is 7.87. The molecule has 0 fully saturated rings. The first-order valence-corrected chi connectivity index (χ1v) is 9.94. The van der Waals surface area contributed by atoms with Crippen molar-refractivity contribution in [2.24, 2.45) is 0 Å². The maximum absolute atomic E-state index is 13.7. The Kier molecular flexibility index (Phi) is 5.90. The summed E-state index contributed by atoms with van der Waals surface area (Å²) in [7, 11) is 1.66. The summed E-state index contributed by atoms with van der Waals surface area (Å²) < 4.78 is 19.9. The average Bonchev–Trinajstić information content (AvgIpc) is 2.67. The molecule has 3 aromatic rings. The Hall–Kier alpha value is -2.53. The Bertz CT molecular complexity index is 893. The fraction of sp³-hybridized carbons (Fsp3) is 0.0909. The SMILES string of the molecule is COc1ccc(C[Se]c2cc(F)ccc2C#Cc2ccccc2)cc1. The zero-order chi connectivity index (χ0) is 17.5. The van der Waals surface area contributed by atoms with Crippen molar-refractivity contribution in [1.82, 2.24) is 0 Å². The number of hydrogen-bond acceptors (Lipinski definition) is 1. The summed E-state index contributed by atoms with van der Waals surface area (Å²) in [5, 5.41) is 0.889. The van der Waals surface area contributed by atoms with Gasteiger partial charge in [0.1, 0.15) is 0 Å². The Morgan fingerprint density at radius 1 is 0.920 bits per heavy atom. The van der Waals surface area contributed by atoms with E-state index < -0.39 is 0 Å². The van der Waals surface area contributed by atoms with Gasteiger partial charge in [0.05, 0.1) is 0 Å². The number of rotatable bonds is 4. The molecule has 0 radical (unpaired) electrons. The molecule has 3 rings (SSSR count). The van der Waals surface area contributed by atoms with E-state index >= 15 is 0 Å². The number of ether oxygens (including phenoxy) is 1. The summed E-state index contributed by atoms with van der Waals surface area (Å²) in [5.74, 6) is 6.98. The van der Waals surface area contributed by atoms with Gasteiger partial charge in [0.15, 0.2) is 0 Å². The second kappa shape index (κ2) is 8.53. The Morgan fingerprint density at radius 2 is 1.68 bits per heavy atom. The molecule has 0 heterocycles. The third-order valence-electron chi connectivity index (χ3n) is 3.61. The van der Waals surface area contributed by atoms with Gasteiger partial charge in [-0.2, -0.15) is 0 Å². The molecule has 0 N–H and O–H groups in total. The van der Waals surface area contributed by atoms with Crippen LogP contribution in [0.15, 0.2) is 72.8 Å². The molecule has 3 heteroatoms. The van der Waals surface area contributed by atoms with E-state index in [1.54, 1.807) is 19.2 Å². The first kappa shape index (κ1) is 17.3. The van der Waals surface area contributed by atoms with Crippen LogP contribution in [0.2, 0.25) is 0 Å². The molecule has 0 amide bonds. The zero-order valence-corrected chi connectivity index (χ0v) is 15.5. The Labute approximate surface area is 154 Å². The van der Waals surface area contributed by atoms with Crippen molar-refractivity contribution in [3.8, 4) is 17.6 Å². The maximum atomic E-state index is 13.7. The van der Waals surface area contributed by atoms with Gasteiger partial charge in [0.2, 0.25) is 0 Å². The van der Waals surface area contributed by atoms with E-state index in [4.69, 9.17) is 4.74 Å². The molecule has 0 aliphatic heterocycles. The normalized spacial score (nSPS) is 10.0. The molecule has 3 aromatic carbocycles. The van der Waals surface area contributed by atoms with E-state index in [-0.39, 0.29) is 20.8 Å². The van der Waals surface area contributed by atoms with Gasteiger partial charge in [-0.25, -0.2) is 0 Å². The van der Waals surface area contributed by atoms with Crippen molar-refractivity contribution in [1.29, 1.82) is 0 Å². The quantitative estimate of drug-likeness (QED) is 0.483. The van der Waals surface area contributed by atoms with Crippen LogP contribution in [0.1, 0.15) is 16.7 Å². The monoisotopic (exact) mass is 396 g/mol. The Balaban J connectivity index is 1.78. The van der Waals surface area contributed by atoms with Crippen molar-refractivity contribution in [2.45, 2.75) is 5.32 Å². The van der Waals surface area contributed by atoms with Gasteiger partial charge in [-0.3, -0.25) is 0 Å². The standard InChI is InChI=1S/C22H17FOSe/c1-24-21-13-8-18(9-14-21)16-25-22-15-20(23)12-11-19(22)10-7-17-5-3-2-4-6-17/h2-6,8-9,11-15H,16H2,1H3. The number of benzene rings is 3. The van der Waals surface area contributed by atoms with Crippen LogP contribution < -0.4 is 9.20 Å². The number of hydrogen-bond donors (Lipinski definition) is 0. The predicted molar refractivity (Wildman–Crippen MR) is 101 cm³/mol. The van der Waals surface area contributed by atoms with E-state index in [1.807, 2.05) is 42.5 Å². The van der Waals surface area contributed by atoms with Crippen LogP contribution in [0.4, 0.5) is 4.39 Å². The first-order chi connectivity index (χ1) is 12.2. The minimum atomic E-state index is -0.211.